The van der Waals surface area contributed by atoms with E-state index in [-0.39, 0.29) is 35.1 Å². The molecule has 0 bridgehead atoms. The number of ether oxygens (including phenoxy) is 1. The number of aromatic nitrogens is 1. The summed E-state index contributed by atoms with van der Waals surface area (Å²) in [6, 6.07) is 4.46. The van der Waals surface area contributed by atoms with Gasteiger partial charge in [0.05, 0.1) is 13.2 Å². The number of nitrogens with zero attached hydrogens (tertiary/aromatic N) is 1. The van der Waals surface area contributed by atoms with Crippen LogP contribution in [0.3, 0.4) is 0 Å². The van der Waals surface area contributed by atoms with Gasteiger partial charge in [0, 0.05) is 23.4 Å². The van der Waals surface area contributed by atoms with Crippen molar-refractivity contribution < 1.29 is 23.5 Å². The third-order valence-corrected chi connectivity index (χ3v) is 5.75. The first kappa shape index (κ1) is 25.0. The minimum Gasteiger partial charge on any atom is -0.493 e. The highest BCUT2D eigenvalue weighted by Crippen LogP contribution is 2.29. The molecule has 1 aromatic carbocycles. The van der Waals surface area contributed by atoms with Crippen LogP contribution in [-0.2, 0) is 9.59 Å². The van der Waals surface area contributed by atoms with Crippen molar-refractivity contribution in [1.29, 1.82) is 5.26 Å². The number of hydrogen-bond acceptors (Lipinski definition) is 5. The molecule has 0 spiro atoms. The maximum Gasteiger partial charge on any atom is 0.268 e. The van der Waals surface area contributed by atoms with Crippen molar-refractivity contribution in [1.82, 2.24) is 20.9 Å². The predicted molar refractivity (Wildman–Crippen MR) is 123 cm³/mol. The van der Waals surface area contributed by atoms with E-state index in [1.165, 1.54) is 25.3 Å². The van der Waals surface area contributed by atoms with E-state index in [9.17, 15) is 24.0 Å². The van der Waals surface area contributed by atoms with Gasteiger partial charge >= 0.3 is 0 Å². The van der Waals surface area contributed by atoms with Crippen LogP contribution in [0.2, 0.25) is 0 Å². The fraction of sp³-hybridized carbons (Fsp3) is 0.500. The molecule has 4 N–H and O–H groups in total. The average Bonchev–Trinajstić information content (AvgIpc) is 3.37. The normalized spacial score (nSPS) is 17.5. The van der Waals surface area contributed by atoms with Crippen molar-refractivity contribution in [3.8, 4) is 11.8 Å². The number of nitriles is 1. The van der Waals surface area contributed by atoms with Gasteiger partial charge in [0.2, 0.25) is 11.8 Å². The van der Waals surface area contributed by atoms with Crippen molar-refractivity contribution in [2.24, 2.45) is 11.3 Å². The number of carbonyl (C=O) groups excluding carboxylic acids is 3. The summed E-state index contributed by atoms with van der Waals surface area (Å²) < 4.78 is 19.1. The molecule has 2 heterocycles. The lowest BCUT2D eigenvalue weighted by atomic mass is 9.87. The Morgan fingerprint density at radius 2 is 2.06 bits per heavy atom. The maximum atomic E-state index is 14.0. The van der Waals surface area contributed by atoms with Gasteiger partial charge in [-0.3, -0.25) is 14.4 Å². The molecule has 0 unspecified atom stereocenters. The number of aromatic amines is 1. The van der Waals surface area contributed by atoms with Gasteiger partial charge in [-0.2, -0.15) is 5.26 Å². The zero-order valence-corrected chi connectivity index (χ0v) is 19.8. The monoisotopic (exact) mass is 471 g/mol. The molecule has 3 atom stereocenters. The van der Waals surface area contributed by atoms with E-state index >= 15 is 0 Å². The Labute approximate surface area is 197 Å². The fourth-order valence-electron chi connectivity index (χ4n) is 4.11. The van der Waals surface area contributed by atoms with E-state index in [2.05, 4.69) is 20.9 Å². The summed E-state index contributed by atoms with van der Waals surface area (Å²) in [5.74, 6) is -2.05. The molecule has 34 heavy (non-hydrogen) atoms. The average molecular weight is 472 g/mol. The lowest BCUT2D eigenvalue weighted by molar-refractivity contribution is -0.125. The minimum absolute atomic E-state index is 0.0181. The Morgan fingerprint density at radius 3 is 2.65 bits per heavy atom. The smallest absolute Gasteiger partial charge is 0.268 e. The van der Waals surface area contributed by atoms with Crippen molar-refractivity contribution in [3.05, 3.63) is 29.7 Å². The van der Waals surface area contributed by atoms with Crippen LogP contribution < -0.4 is 20.7 Å². The molecule has 1 aliphatic heterocycles. The number of amides is 3. The highest BCUT2D eigenvalue weighted by molar-refractivity contribution is 6.01. The van der Waals surface area contributed by atoms with Crippen LogP contribution in [0.25, 0.3) is 10.9 Å². The summed E-state index contributed by atoms with van der Waals surface area (Å²) in [6.07, 6.45) is 1.13. The number of benzene rings is 1. The molecule has 1 fully saturated rings. The Hall–Kier alpha value is -3.61. The number of carbonyl (C=O) groups is 3. The van der Waals surface area contributed by atoms with Gasteiger partial charge in [0.1, 0.15) is 17.8 Å². The third-order valence-electron chi connectivity index (χ3n) is 5.75. The summed E-state index contributed by atoms with van der Waals surface area (Å²) in [6.45, 7) is 6.35. The molecule has 9 nitrogen and oxygen atoms in total. The Kier molecular flexibility index (Phi) is 7.44. The molecule has 10 heteroatoms. The molecule has 182 valence electrons. The SMILES string of the molecule is COc1c(F)ccc2[nH]c(C(=O)N[C@@H](CC(C)(C)C)C(=O)N[C@H](C#N)C[C@@H]3CCNC3=O)cc12. The van der Waals surface area contributed by atoms with Crippen LogP contribution in [0.4, 0.5) is 4.39 Å². The minimum atomic E-state index is -0.925. The van der Waals surface area contributed by atoms with Crippen molar-refractivity contribution in [2.75, 3.05) is 13.7 Å². The van der Waals surface area contributed by atoms with Crippen molar-refractivity contribution >= 4 is 28.6 Å². The van der Waals surface area contributed by atoms with E-state index in [4.69, 9.17) is 4.74 Å². The Morgan fingerprint density at radius 1 is 1.32 bits per heavy atom. The number of halogens is 1. The molecule has 1 aromatic heterocycles. The second kappa shape index (κ2) is 10.1. The van der Waals surface area contributed by atoms with Gasteiger partial charge in [-0.1, -0.05) is 20.8 Å². The van der Waals surface area contributed by atoms with E-state index in [1.54, 1.807) is 0 Å². The number of methoxy groups -OCH3 is 1. The quantitative estimate of drug-likeness (QED) is 0.469. The Bertz CT molecular complexity index is 1130. The summed E-state index contributed by atoms with van der Waals surface area (Å²) in [5, 5.41) is 18.0. The van der Waals surface area contributed by atoms with Crippen LogP contribution in [0.15, 0.2) is 18.2 Å². The van der Waals surface area contributed by atoms with Crippen LogP contribution in [0, 0.1) is 28.5 Å². The van der Waals surface area contributed by atoms with Gasteiger partial charge in [-0.05, 0) is 42.9 Å². The largest absolute Gasteiger partial charge is 0.493 e. The molecule has 0 aliphatic carbocycles. The van der Waals surface area contributed by atoms with Crippen molar-refractivity contribution in [2.45, 2.75) is 52.1 Å². The topological polar surface area (TPSA) is 136 Å². The zero-order valence-electron chi connectivity index (χ0n) is 19.8. The molecule has 1 aliphatic rings. The molecule has 0 saturated carbocycles. The number of rotatable bonds is 8. The highest BCUT2D eigenvalue weighted by atomic mass is 19.1. The van der Waals surface area contributed by atoms with Gasteiger partial charge in [0.25, 0.3) is 5.91 Å². The predicted octanol–water partition coefficient (Wildman–Crippen LogP) is 2.38. The first-order valence-electron chi connectivity index (χ1n) is 11.2. The summed E-state index contributed by atoms with van der Waals surface area (Å²) in [7, 11) is 1.34. The van der Waals surface area contributed by atoms with Crippen LogP contribution >= 0.6 is 0 Å². The second-order valence-corrected chi connectivity index (χ2v) is 9.72. The molecule has 0 radical (unpaired) electrons. The fourth-order valence-corrected chi connectivity index (χ4v) is 4.11. The molecule has 2 aromatic rings. The highest BCUT2D eigenvalue weighted by Gasteiger charge is 2.32. The van der Waals surface area contributed by atoms with Crippen LogP contribution in [-0.4, -0.2) is 48.4 Å². The molecule has 3 rings (SSSR count). The van der Waals surface area contributed by atoms with Gasteiger partial charge in [-0.25, -0.2) is 4.39 Å². The number of H-pyrrole nitrogens is 1. The molecule has 1 saturated heterocycles. The number of nitrogens with one attached hydrogen (secondary N) is 4. The Balaban J connectivity index is 1.77. The number of hydrogen-bond donors (Lipinski definition) is 4. The zero-order chi connectivity index (χ0) is 25.0. The summed E-state index contributed by atoms with van der Waals surface area (Å²) >= 11 is 0. The molecular weight excluding hydrogens is 441 g/mol. The lowest BCUT2D eigenvalue weighted by Crippen LogP contribution is -2.51. The first-order valence-corrected chi connectivity index (χ1v) is 11.2. The summed E-state index contributed by atoms with van der Waals surface area (Å²) in [4.78, 5) is 40.8. The first-order chi connectivity index (χ1) is 16.0. The van der Waals surface area contributed by atoms with Gasteiger partial charge < -0.3 is 25.7 Å². The van der Waals surface area contributed by atoms with E-state index in [0.29, 0.717) is 30.3 Å². The van der Waals surface area contributed by atoms with Gasteiger partial charge in [0.15, 0.2) is 11.6 Å². The van der Waals surface area contributed by atoms with Crippen LogP contribution in [0.1, 0.15) is 50.5 Å². The number of fused-ring (bicyclic) bond motifs is 1. The second-order valence-electron chi connectivity index (χ2n) is 9.72. The lowest BCUT2D eigenvalue weighted by Gasteiger charge is -2.27. The summed E-state index contributed by atoms with van der Waals surface area (Å²) in [5.41, 5.74) is 0.347. The van der Waals surface area contributed by atoms with E-state index in [0.717, 1.165) is 0 Å². The third kappa shape index (κ3) is 5.84. The standard InChI is InChI=1S/C24H30FN5O4/c1-24(2,3)11-19(23(33)28-14(12-26)9-13-7-8-27-21(13)31)30-22(32)18-10-15-17(29-18)6-5-16(25)20(15)34-4/h5-6,10,13-14,19,29H,7-9,11H2,1-4H3,(H,27,31)(H,28,33)(H,30,32)/t13-,14-,19-/m0/s1. The van der Waals surface area contributed by atoms with Crippen molar-refractivity contribution in [3.63, 3.8) is 0 Å². The van der Waals surface area contributed by atoms with E-state index in [1.807, 2.05) is 26.8 Å². The van der Waals surface area contributed by atoms with E-state index < -0.39 is 29.7 Å². The maximum absolute atomic E-state index is 14.0. The molecular formula is C24H30FN5O4. The molecule has 3 amide bonds. The van der Waals surface area contributed by atoms with Gasteiger partial charge in [-0.15, -0.1) is 0 Å². The van der Waals surface area contributed by atoms with Crippen LogP contribution in [0.5, 0.6) is 5.75 Å².